The molecule has 1 N–H and O–H groups in total. The van der Waals surface area contributed by atoms with Gasteiger partial charge in [-0.2, -0.15) is 0 Å². The number of hydrogen-bond acceptors (Lipinski definition) is 2. The number of amides is 1. The lowest BCUT2D eigenvalue weighted by Gasteiger charge is -2.26. The molecule has 3 rings (SSSR count). The number of piperidine rings is 1. The van der Waals surface area contributed by atoms with E-state index in [1.54, 1.807) is 0 Å². The van der Waals surface area contributed by atoms with E-state index >= 15 is 0 Å². The number of likely N-dealkylation sites (tertiary alicyclic amines) is 1. The number of aryl methyl sites for hydroxylation is 1. The molecule has 0 saturated carbocycles. The molecular formula is C15H18ClN3OS. The van der Waals surface area contributed by atoms with Crippen molar-refractivity contribution in [2.24, 2.45) is 0 Å². The minimum absolute atomic E-state index is 0.216. The van der Waals surface area contributed by atoms with Crippen LogP contribution in [0.25, 0.3) is 11.0 Å². The molecule has 0 spiro atoms. The third-order valence-electron chi connectivity index (χ3n) is 4.02. The number of nitrogens with one attached hydrogen (secondary N) is 1. The van der Waals surface area contributed by atoms with Crippen LogP contribution < -0.4 is 0 Å². The molecule has 2 aromatic rings. The summed E-state index contributed by atoms with van der Waals surface area (Å²) in [5.41, 5.74) is 1.80. The van der Waals surface area contributed by atoms with Crippen molar-refractivity contribution < 1.29 is 4.79 Å². The molecular weight excluding hydrogens is 306 g/mol. The zero-order chi connectivity index (χ0) is 14.8. The molecule has 0 bridgehead atoms. The molecule has 4 nitrogen and oxygen atoms in total. The number of halogens is 1. The van der Waals surface area contributed by atoms with Gasteiger partial charge in [-0.3, -0.25) is 4.79 Å². The van der Waals surface area contributed by atoms with Crippen molar-refractivity contribution in [1.29, 1.82) is 0 Å². The van der Waals surface area contributed by atoms with Crippen molar-refractivity contribution in [3.8, 4) is 0 Å². The fraction of sp³-hybridized carbons (Fsp3) is 0.467. The SMILES string of the molecule is O=C(CCn1c(=S)[nH]c2c(Cl)cccc21)N1CCCCC1. The van der Waals surface area contributed by atoms with Crippen LogP contribution >= 0.6 is 23.8 Å². The summed E-state index contributed by atoms with van der Waals surface area (Å²) in [5.74, 6) is 0.216. The Hall–Kier alpha value is -1.33. The van der Waals surface area contributed by atoms with Crippen LogP contribution in [0.2, 0.25) is 5.02 Å². The predicted octanol–water partition coefficient (Wildman–Crippen LogP) is 3.75. The van der Waals surface area contributed by atoms with Gasteiger partial charge in [-0.1, -0.05) is 17.7 Å². The van der Waals surface area contributed by atoms with E-state index in [1.165, 1.54) is 6.42 Å². The monoisotopic (exact) mass is 323 g/mol. The summed E-state index contributed by atoms with van der Waals surface area (Å²) < 4.78 is 2.57. The third-order valence-corrected chi connectivity index (χ3v) is 4.65. The van der Waals surface area contributed by atoms with Crippen molar-refractivity contribution in [2.45, 2.75) is 32.2 Å². The van der Waals surface area contributed by atoms with E-state index in [2.05, 4.69) is 4.98 Å². The smallest absolute Gasteiger partial charge is 0.224 e. The number of aromatic nitrogens is 2. The molecule has 21 heavy (non-hydrogen) atoms. The second kappa shape index (κ2) is 6.20. The molecule has 6 heteroatoms. The van der Waals surface area contributed by atoms with Crippen molar-refractivity contribution in [2.75, 3.05) is 13.1 Å². The van der Waals surface area contributed by atoms with Gasteiger partial charge in [0.2, 0.25) is 5.91 Å². The van der Waals surface area contributed by atoms with Crippen LogP contribution in [-0.2, 0) is 11.3 Å². The van der Waals surface area contributed by atoms with Gasteiger partial charge >= 0.3 is 0 Å². The Morgan fingerprint density at radius 1 is 1.29 bits per heavy atom. The molecule has 1 fully saturated rings. The number of fused-ring (bicyclic) bond motifs is 1. The molecule has 1 aromatic heterocycles. The summed E-state index contributed by atoms with van der Waals surface area (Å²) in [5, 5.41) is 0.653. The zero-order valence-corrected chi connectivity index (χ0v) is 13.3. The van der Waals surface area contributed by atoms with Crippen molar-refractivity contribution >= 4 is 40.8 Å². The average Bonchev–Trinajstić information content (AvgIpc) is 2.83. The summed E-state index contributed by atoms with van der Waals surface area (Å²) in [6.45, 7) is 2.38. The number of H-pyrrole nitrogens is 1. The number of imidazole rings is 1. The van der Waals surface area contributed by atoms with Crippen LogP contribution in [0.4, 0.5) is 0 Å². The summed E-state index contributed by atoms with van der Waals surface area (Å²) in [6.07, 6.45) is 3.95. The first-order valence-electron chi connectivity index (χ1n) is 7.31. The maximum Gasteiger partial charge on any atom is 0.224 e. The number of carbonyl (C=O) groups excluding carboxylic acids is 1. The minimum atomic E-state index is 0.216. The van der Waals surface area contributed by atoms with Gasteiger partial charge in [0.15, 0.2) is 4.77 Å². The summed E-state index contributed by atoms with van der Waals surface area (Å²) in [7, 11) is 0. The molecule has 1 aliphatic heterocycles. The van der Waals surface area contributed by atoms with Crippen molar-refractivity contribution in [3.05, 3.63) is 28.0 Å². The topological polar surface area (TPSA) is 41.0 Å². The maximum atomic E-state index is 12.2. The molecule has 0 aliphatic carbocycles. The lowest BCUT2D eigenvalue weighted by molar-refractivity contribution is -0.132. The van der Waals surface area contributed by atoms with E-state index < -0.39 is 0 Å². The van der Waals surface area contributed by atoms with Gasteiger partial charge < -0.3 is 14.5 Å². The molecule has 0 unspecified atom stereocenters. The molecule has 1 amide bonds. The van der Waals surface area contributed by atoms with Crippen molar-refractivity contribution in [3.63, 3.8) is 0 Å². The number of nitrogens with zero attached hydrogens (tertiary/aromatic N) is 2. The van der Waals surface area contributed by atoms with Gasteiger partial charge in [0, 0.05) is 26.1 Å². The van der Waals surface area contributed by atoms with Crippen LogP contribution in [0.5, 0.6) is 0 Å². The Labute approximate surface area is 133 Å². The lowest BCUT2D eigenvalue weighted by Crippen LogP contribution is -2.36. The molecule has 0 radical (unpaired) electrons. The zero-order valence-electron chi connectivity index (χ0n) is 11.8. The molecule has 1 saturated heterocycles. The van der Waals surface area contributed by atoms with Gasteiger partial charge in [0.05, 0.1) is 16.1 Å². The highest BCUT2D eigenvalue weighted by molar-refractivity contribution is 7.71. The van der Waals surface area contributed by atoms with Gasteiger partial charge in [0.1, 0.15) is 0 Å². The highest BCUT2D eigenvalue weighted by atomic mass is 35.5. The predicted molar refractivity (Wildman–Crippen MR) is 87.2 cm³/mol. The summed E-state index contributed by atoms with van der Waals surface area (Å²) in [4.78, 5) is 17.3. The van der Waals surface area contributed by atoms with E-state index in [-0.39, 0.29) is 5.91 Å². The Balaban J connectivity index is 1.76. The Kier molecular flexibility index (Phi) is 4.31. The molecule has 112 valence electrons. The number of benzene rings is 1. The highest BCUT2D eigenvalue weighted by Gasteiger charge is 2.17. The molecule has 0 atom stereocenters. The van der Waals surface area contributed by atoms with Gasteiger partial charge in [-0.25, -0.2) is 0 Å². The quantitative estimate of drug-likeness (QED) is 0.874. The molecule has 1 aromatic carbocycles. The van der Waals surface area contributed by atoms with Crippen LogP contribution in [0.15, 0.2) is 18.2 Å². The number of rotatable bonds is 3. The summed E-state index contributed by atoms with van der Waals surface area (Å²) in [6, 6.07) is 5.70. The lowest BCUT2D eigenvalue weighted by atomic mass is 10.1. The summed E-state index contributed by atoms with van der Waals surface area (Å²) >= 11 is 11.5. The highest BCUT2D eigenvalue weighted by Crippen LogP contribution is 2.23. The molecule has 2 heterocycles. The first kappa shape index (κ1) is 14.6. The Bertz CT molecular complexity index is 715. The van der Waals surface area contributed by atoms with Gasteiger partial charge in [-0.05, 0) is 43.6 Å². The first-order chi connectivity index (χ1) is 10.2. The largest absolute Gasteiger partial charge is 0.343 e. The van der Waals surface area contributed by atoms with Crippen LogP contribution in [-0.4, -0.2) is 33.4 Å². The van der Waals surface area contributed by atoms with Crippen molar-refractivity contribution in [1.82, 2.24) is 14.5 Å². The van der Waals surface area contributed by atoms with E-state index in [1.807, 2.05) is 27.7 Å². The number of aromatic amines is 1. The number of hydrogen-bond donors (Lipinski definition) is 1. The van der Waals surface area contributed by atoms with Gasteiger partial charge in [-0.15, -0.1) is 0 Å². The van der Waals surface area contributed by atoms with Crippen LogP contribution in [0.1, 0.15) is 25.7 Å². The first-order valence-corrected chi connectivity index (χ1v) is 8.10. The van der Waals surface area contributed by atoms with E-state index in [9.17, 15) is 4.79 Å². The van der Waals surface area contributed by atoms with Crippen LogP contribution in [0.3, 0.4) is 0 Å². The third kappa shape index (κ3) is 2.99. The number of para-hydroxylation sites is 1. The van der Waals surface area contributed by atoms with Gasteiger partial charge in [0.25, 0.3) is 0 Å². The van der Waals surface area contributed by atoms with E-state index in [0.29, 0.717) is 22.8 Å². The average molecular weight is 324 g/mol. The second-order valence-corrected chi connectivity index (χ2v) is 6.20. The molecule has 1 aliphatic rings. The maximum absolute atomic E-state index is 12.2. The standard InChI is InChI=1S/C15H18ClN3OS/c16-11-5-4-6-12-14(11)17-15(21)19(12)10-7-13(20)18-8-2-1-3-9-18/h4-6H,1-3,7-10H2,(H,17,21). The number of carbonyl (C=O) groups is 1. The minimum Gasteiger partial charge on any atom is -0.343 e. The Morgan fingerprint density at radius 3 is 2.81 bits per heavy atom. The van der Waals surface area contributed by atoms with Crippen LogP contribution in [0, 0.1) is 4.77 Å². The fourth-order valence-corrected chi connectivity index (χ4v) is 3.38. The van der Waals surface area contributed by atoms with E-state index in [0.717, 1.165) is 37.0 Å². The Morgan fingerprint density at radius 2 is 2.05 bits per heavy atom. The normalized spacial score (nSPS) is 15.6. The second-order valence-electron chi connectivity index (χ2n) is 5.41. The van der Waals surface area contributed by atoms with E-state index in [4.69, 9.17) is 23.8 Å². The fourth-order valence-electron chi connectivity index (χ4n) is 2.88.